The molecule has 6 heteroatoms. The van der Waals surface area contributed by atoms with Crippen molar-refractivity contribution in [2.75, 3.05) is 0 Å². The minimum absolute atomic E-state index is 0.0247. The number of furan rings is 1. The number of Topliss-reactive ketones (excluding diaryl/α,β-unsaturated/α-hetero) is 1. The smallest absolute Gasteiger partial charge is 0.287 e. The minimum Gasteiger partial charge on any atom is -0.486 e. The zero-order valence-corrected chi connectivity index (χ0v) is 16.7. The number of halogens is 1. The Morgan fingerprint density at radius 1 is 1.17 bits per heavy atom. The van der Waals surface area contributed by atoms with Crippen LogP contribution in [0, 0.1) is 12.7 Å². The SMILES string of the molecule is Cc1c(C(=O)NC2CCC3(CC2)CC(=O)c2ccccc2O3)oc2ccc(F)cc12. The number of aryl methyl sites for hydroxylation is 1. The van der Waals surface area contributed by atoms with Gasteiger partial charge in [0.25, 0.3) is 5.91 Å². The number of hydrogen-bond acceptors (Lipinski definition) is 4. The van der Waals surface area contributed by atoms with Crippen LogP contribution in [-0.2, 0) is 0 Å². The molecule has 1 N–H and O–H groups in total. The quantitative estimate of drug-likeness (QED) is 0.652. The monoisotopic (exact) mass is 407 g/mol. The van der Waals surface area contributed by atoms with E-state index < -0.39 is 5.60 Å². The third-order valence-electron chi connectivity index (χ3n) is 6.33. The van der Waals surface area contributed by atoms with Gasteiger partial charge in [0, 0.05) is 17.0 Å². The summed E-state index contributed by atoms with van der Waals surface area (Å²) in [5.41, 5.74) is 1.29. The molecule has 154 valence electrons. The number of ether oxygens (including phenoxy) is 1. The summed E-state index contributed by atoms with van der Waals surface area (Å²) in [6.45, 7) is 1.76. The third kappa shape index (κ3) is 3.16. The predicted octanol–water partition coefficient (Wildman–Crippen LogP) is 4.96. The number of carbonyl (C=O) groups is 2. The van der Waals surface area contributed by atoms with Crippen LogP contribution in [0.3, 0.4) is 0 Å². The molecule has 0 radical (unpaired) electrons. The van der Waals surface area contributed by atoms with Gasteiger partial charge in [-0.3, -0.25) is 9.59 Å². The first kappa shape index (κ1) is 18.9. The Morgan fingerprint density at radius 2 is 1.93 bits per heavy atom. The van der Waals surface area contributed by atoms with E-state index in [2.05, 4.69) is 5.32 Å². The van der Waals surface area contributed by atoms with Crippen molar-refractivity contribution < 1.29 is 23.1 Å². The van der Waals surface area contributed by atoms with Gasteiger partial charge in [-0.25, -0.2) is 4.39 Å². The molecule has 1 fully saturated rings. The molecule has 3 aromatic rings. The maximum atomic E-state index is 13.5. The predicted molar refractivity (Wildman–Crippen MR) is 109 cm³/mol. The maximum Gasteiger partial charge on any atom is 0.287 e. The molecule has 0 bridgehead atoms. The Bertz CT molecular complexity index is 1160. The molecule has 0 unspecified atom stereocenters. The van der Waals surface area contributed by atoms with Crippen molar-refractivity contribution in [3.05, 3.63) is 65.2 Å². The topological polar surface area (TPSA) is 68.5 Å². The van der Waals surface area contributed by atoms with E-state index in [1.54, 1.807) is 13.0 Å². The summed E-state index contributed by atoms with van der Waals surface area (Å²) in [5, 5.41) is 3.64. The zero-order chi connectivity index (χ0) is 20.9. The summed E-state index contributed by atoms with van der Waals surface area (Å²) in [4.78, 5) is 25.3. The Balaban J connectivity index is 1.27. The summed E-state index contributed by atoms with van der Waals surface area (Å²) < 4.78 is 25.4. The lowest BCUT2D eigenvalue weighted by molar-refractivity contribution is 0.00694. The van der Waals surface area contributed by atoms with E-state index in [9.17, 15) is 14.0 Å². The van der Waals surface area contributed by atoms with Crippen LogP contribution in [0.1, 0.15) is 58.6 Å². The molecule has 2 aromatic carbocycles. The van der Waals surface area contributed by atoms with Crippen LogP contribution in [0.2, 0.25) is 0 Å². The third-order valence-corrected chi connectivity index (χ3v) is 6.33. The summed E-state index contributed by atoms with van der Waals surface area (Å²) in [6, 6.07) is 11.6. The standard InChI is InChI=1S/C24H22FNO4/c1-14-18-12-15(25)6-7-20(18)29-22(14)23(28)26-16-8-10-24(11-9-16)13-19(27)17-4-2-3-5-21(17)30-24/h2-7,12,16H,8-11,13H2,1H3,(H,26,28). The van der Waals surface area contributed by atoms with Gasteiger partial charge in [0.05, 0.1) is 12.0 Å². The van der Waals surface area contributed by atoms with Gasteiger partial charge >= 0.3 is 0 Å². The van der Waals surface area contributed by atoms with E-state index in [-0.39, 0.29) is 29.3 Å². The molecule has 1 aliphatic carbocycles. The van der Waals surface area contributed by atoms with Crippen LogP contribution < -0.4 is 10.1 Å². The van der Waals surface area contributed by atoms with Crippen molar-refractivity contribution in [1.82, 2.24) is 5.32 Å². The maximum absolute atomic E-state index is 13.5. The largest absolute Gasteiger partial charge is 0.486 e. The Kier molecular flexibility index (Phi) is 4.38. The van der Waals surface area contributed by atoms with Crippen LogP contribution in [-0.4, -0.2) is 23.3 Å². The second kappa shape index (κ2) is 6.97. The van der Waals surface area contributed by atoms with Crippen molar-refractivity contribution in [3.63, 3.8) is 0 Å². The van der Waals surface area contributed by atoms with Gasteiger partial charge in [0.2, 0.25) is 0 Å². The first-order chi connectivity index (χ1) is 14.4. The molecule has 30 heavy (non-hydrogen) atoms. The number of amides is 1. The molecule has 1 spiro atoms. The van der Waals surface area contributed by atoms with Crippen LogP contribution in [0.5, 0.6) is 5.75 Å². The summed E-state index contributed by atoms with van der Waals surface area (Å²) in [5.74, 6) is 0.329. The Hall–Kier alpha value is -3.15. The molecule has 1 saturated carbocycles. The number of benzene rings is 2. The van der Waals surface area contributed by atoms with Crippen LogP contribution in [0.15, 0.2) is 46.9 Å². The molecule has 0 atom stereocenters. The number of carbonyl (C=O) groups excluding carboxylic acids is 2. The molecule has 0 saturated heterocycles. The molecular weight excluding hydrogens is 385 g/mol. The van der Waals surface area contributed by atoms with E-state index in [4.69, 9.17) is 9.15 Å². The number of ketones is 1. The zero-order valence-electron chi connectivity index (χ0n) is 16.7. The van der Waals surface area contributed by atoms with Gasteiger partial charge in [-0.05, 0) is 62.9 Å². The molecule has 2 heterocycles. The normalized spacial score (nSPS) is 23.3. The van der Waals surface area contributed by atoms with Gasteiger partial charge in [-0.1, -0.05) is 12.1 Å². The fourth-order valence-electron chi connectivity index (χ4n) is 4.67. The van der Waals surface area contributed by atoms with Crippen LogP contribution >= 0.6 is 0 Å². The lowest BCUT2D eigenvalue weighted by Crippen LogP contribution is -2.49. The molecule has 1 amide bonds. The lowest BCUT2D eigenvalue weighted by Gasteiger charge is -2.42. The lowest BCUT2D eigenvalue weighted by atomic mass is 9.76. The molecule has 5 rings (SSSR count). The van der Waals surface area contributed by atoms with E-state index >= 15 is 0 Å². The second-order valence-corrected chi connectivity index (χ2v) is 8.33. The Morgan fingerprint density at radius 3 is 2.73 bits per heavy atom. The Labute approximate surface area is 173 Å². The van der Waals surface area contributed by atoms with E-state index in [0.717, 1.165) is 12.8 Å². The van der Waals surface area contributed by atoms with Gasteiger partial charge < -0.3 is 14.5 Å². The average Bonchev–Trinajstić information content (AvgIpc) is 3.06. The highest BCUT2D eigenvalue weighted by Crippen LogP contribution is 2.41. The molecule has 1 aromatic heterocycles. The van der Waals surface area contributed by atoms with Crippen molar-refractivity contribution in [2.24, 2.45) is 0 Å². The highest BCUT2D eigenvalue weighted by molar-refractivity contribution is 6.00. The number of nitrogens with one attached hydrogen (secondary N) is 1. The highest BCUT2D eigenvalue weighted by atomic mass is 19.1. The van der Waals surface area contributed by atoms with Gasteiger partial charge in [0.1, 0.15) is 22.8 Å². The molecule has 2 aliphatic rings. The average molecular weight is 407 g/mol. The second-order valence-electron chi connectivity index (χ2n) is 8.33. The number of hydrogen-bond donors (Lipinski definition) is 1. The minimum atomic E-state index is -0.487. The van der Waals surface area contributed by atoms with E-state index in [1.165, 1.54) is 18.2 Å². The van der Waals surface area contributed by atoms with E-state index in [1.807, 2.05) is 18.2 Å². The number of fused-ring (bicyclic) bond motifs is 2. The van der Waals surface area contributed by atoms with Crippen molar-refractivity contribution in [3.8, 4) is 5.75 Å². The highest BCUT2D eigenvalue weighted by Gasteiger charge is 2.43. The van der Waals surface area contributed by atoms with E-state index in [0.29, 0.717) is 47.1 Å². The van der Waals surface area contributed by atoms with Gasteiger partial charge in [0.15, 0.2) is 11.5 Å². The van der Waals surface area contributed by atoms with Crippen molar-refractivity contribution in [1.29, 1.82) is 0 Å². The summed E-state index contributed by atoms with van der Waals surface area (Å²) in [7, 11) is 0. The summed E-state index contributed by atoms with van der Waals surface area (Å²) in [6.07, 6.45) is 3.20. The van der Waals surface area contributed by atoms with Crippen molar-refractivity contribution in [2.45, 2.75) is 50.7 Å². The number of rotatable bonds is 2. The summed E-state index contributed by atoms with van der Waals surface area (Å²) >= 11 is 0. The fraction of sp³-hybridized carbons (Fsp3) is 0.333. The number of para-hydroxylation sites is 1. The van der Waals surface area contributed by atoms with Gasteiger partial charge in [-0.15, -0.1) is 0 Å². The van der Waals surface area contributed by atoms with Crippen molar-refractivity contribution >= 4 is 22.7 Å². The first-order valence-electron chi connectivity index (χ1n) is 10.2. The fourth-order valence-corrected chi connectivity index (χ4v) is 4.67. The first-order valence-corrected chi connectivity index (χ1v) is 10.2. The molecule has 5 nitrogen and oxygen atoms in total. The van der Waals surface area contributed by atoms with Crippen LogP contribution in [0.25, 0.3) is 11.0 Å². The molecular formula is C24H22FNO4. The molecule has 1 aliphatic heterocycles. The van der Waals surface area contributed by atoms with Gasteiger partial charge in [-0.2, -0.15) is 0 Å². The van der Waals surface area contributed by atoms with Crippen LogP contribution in [0.4, 0.5) is 4.39 Å².